The average molecular weight is 312 g/mol. The summed E-state index contributed by atoms with van der Waals surface area (Å²) < 4.78 is 5.86. The quantitative estimate of drug-likeness (QED) is 0.732. The van der Waals surface area contributed by atoms with Crippen LogP contribution in [-0.2, 0) is 14.3 Å². The lowest BCUT2D eigenvalue weighted by Gasteiger charge is -2.29. The molecule has 1 saturated carbocycles. The molecule has 2 rings (SSSR count). The standard InChI is InChI=1S/C16H28N2O4/c1-11-5-3-4-6-15(11)22-8-7-17-16(21)14-9-13(20)10-18(14)12(2)19/h11,13-15,20H,3-10H2,1-2H3,(H,17,21)/t11-,13-,14+,15-/m0/s1. The highest BCUT2D eigenvalue weighted by atomic mass is 16.5. The molecule has 2 aliphatic rings. The van der Waals surface area contributed by atoms with E-state index in [0.717, 1.165) is 6.42 Å². The van der Waals surface area contributed by atoms with Gasteiger partial charge in [-0.05, 0) is 18.8 Å². The number of hydrogen-bond acceptors (Lipinski definition) is 4. The third kappa shape index (κ3) is 4.43. The number of nitrogens with one attached hydrogen (secondary N) is 1. The normalized spacial score (nSPS) is 32.0. The lowest BCUT2D eigenvalue weighted by Crippen LogP contribution is -2.46. The molecule has 126 valence electrons. The number of β-amino-alcohol motifs (C(OH)–C–C–N with tert-alkyl or cyclic N) is 1. The number of amides is 2. The highest BCUT2D eigenvalue weighted by Crippen LogP contribution is 2.26. The van der Waals surface area contributed by atoms with Crippen molar-refractivity contribution in [2.75, 3.05) is 19.7 Å². The van der Waals surface area contributed by atoms with Crippen LogP contribution in [0.2, 0.25) is 0 Å². The molecule has 0 bridgehead atoms. The van der Waals surface area contributed by atoms with E-state index in [2.05, 4.69) is 12.2 Å². The van der Waals surface area contributed by atoms with Gasteiger partial charge < -0.3 is 20.1 Å². The van der Waals surface area contributed by atoms with E-state index < -0.39 is 12.1 Å². The molecule has 1 aliphatic carbocycles. The van der Waals surface area contributed by atoms with Gasteiger partial charge in [0.15, 0.2) is 0 Å². The maximum atomic E-state index is 12.1. The molecule has 1 saturated heterocycles. The topological polar surface area (TPSA) is 78.9 Å². The zero-order valence-corrected chi connectivity index (χ0v) is 13.6. The number of hydrogen-bond donors (Lipinski definition) is 2. The molecular weight excluding hydrogens is 284 g/mol. The molecule has 0 unspecified atom stereocenters. The maximum absolute atomic E-state index is 12.1. The molecule has 22 heavy (non-hydrogen) atoms. The van der Waals surface area contributed by atoms with E-state index in [1.807, 2.05) is 0 Å². The SMILES string of the molecule is CC(=O)N1C[C@@H](O)C[C@@H]1C(=O)NCCO[C@H]1CCCC[C@@H]1C. The van der Waals surface area contributed by atoms with Gasteiger partial charge in [-0.1, -0.05) is 19.8 Å². The Morgan fingerprint density at radius 2 is 2.05 bits per heavy atom. The zero-order chi connectivity index (χ0) is 16.1. The van der Waals surface area contributed by atoms with E-state index >= 15 is 0 Å². The van der Waals surface area contributed by atoms with Crippen molar-refractivity contribution in [3.05, 3.63) is 0 Å². The Balaban J connectivity index is 1.70. The molecule has 0 aromatic carbocycles. The van der Waals surface area contributed by atoms with E-state index in [4.69, 9.17) is 4.74 Å². The molecular formula is C16H28N2O4. The number of nitrogens with zero attached hydrogens (tertiary/aromatic N) is 1. The first-order valence-corrected chi connectivity index (χ1v) is 8.33. The first-order chi connectivity index (χ1) is 10.5. The largest absolute Gasteiger partial charge is 0.391 e. The highest BCUT2D eigenvalue weighted by molar-refractivity contribution is 5.87. The summed E-state index contributed by atoms with van der Waals surface area (Å²) in [4.78, 5) is 25.1. The molecule has 2 fully saturated rings. The van der Waals surface area contributed by atoms with Crippen molar-refractivity contribution in [2.45, 2.75) is 64.2 Å². The van der Waals surface area contributed by atoms with E-state index in [1.165, 1.54) is 31.1 Å². The summed E-state index contributed by atoms with van der Waals surface area (Å²) in [5, 5.41) is 12.5. The number of aliphatic hydroxyl groups is 1. The summed E-state index contributed by atoms with van der Waals surface area (Å²) in [5.74, 6) is 0.207. The van der Waals surface area contributed by atoms with Gasteiger partial charge in [0.2, 0.25) is 11.8 Å². The van der Waals surface area contributed by atoms with Crippen LogP contribution < -0.4 is 5.32 Å². The molecule has 6 nitrogen and oxygen atoms in total. The highest BCUT2D eigenvalue weighted by Gasteiger charge is 2.37. The van der Waals surface area contributed by atoms with Gasteiger partial charge in [-0.15, -0.1) is 0 Å². The van der Waals surface area contributed by atoms with Crippen molar-refractivity contribution in [3.8, 4) is 0 Å². The lowest BCUT2D eigenvalue weighted by molar-refractivity contribution is -0.137. The van der Waals surface area contributed by atoms with Crippen LogP contribution in [-0.4, -0.2) is 59.8 Å². The van der Waals surface area contributed by atoms with E-state index in [9.17, 15) is 14.7 Å². The van der Waals surface area contributed by atoms with Crippen LogP contribution in [0.3, 0.4) is 0 Å². The van der Waals surface area contributed by atoms with Gasteiger partial charge >= 0.3 is 0 Å². The molecule has 0 aromatic heterocycles. The fourth-order valence-electron chi connectivity index (χ4n) is 3.44. The van der Waals surface area contributed by atoms with Crippen molar-refractivity contribution in [2.24, 2.45) is 5.92 Å². The Labute approximate surface area is 132 Å². The minimum atomic E-state index is -0.612. The van der Waals surface area contributed by atoms with Crippen molar-refractivity contribution in [1.82, 2.24) is 10.2 Å². The van der Waals surface area contributed by atoms with Crippen LogP contribution in [0.1, 0.15) is 46.0 Å². The summed E-state index contributed by atoms with van der Waals surface area (Å²) in [7, 11) is 0. The number of likely N-dealkylation sites (tertiary alicyclic amines) is 1. The van der Waals surface area contributed by atoms with Crippen molar-refractivity contribution in [3.63, 3.8) is 0 Å². The van der Waals surface area contributed by atoms with Crippen molar-refractivity contribution >= 4 is 11.8 Å². The predicted molar refractivity (Wildman–Crippen MR) is 82.2 cm³/mol. The van der Waals surface area contributed by atoms with Gasteiger partial charge in [0, 0.05) is 26.4 Å². The van der Waals surface area contributed by atoms with Crippen LogP contribution in [0.25, 0.3) is 0 Å². The predicted octanol–water partition coefficient (Wildman–Crippen LogP) is 0.680. The van der Waals surface area contributed by atoms with Crippen LogP contribution in [0.15, 0.2) is 0 Å². The van der Waals surface area contributed by atoms with Crippen LogP contribution >= 0.6 is 0 Å². The van der Waals surface area contributed by atoms with Crippen LogP contribution in [0, 0.1) is 5.92 Å². The number of aliphatic hydroxyl groups excluding tert-OH is 1. The van der Waals surface area contributed by atoms with Gasteiger partial charge in [0.1, 0.15) is 6.04 Å². The molecule has 2 N–H and O–H groups in total. The molecule has 1 aliphatic heterocycles. The molecule has 2 amide bonds. The average Bonchev–Trinajstić information content (AvgIpc) is 2.87. The summed E-state index contributed by atoms with van der Waals surface area (Å²) in [6, 6.07) is -0.555. The maximum Gasteiger partial charge on any atom is 0.242 e. The van der Waals surface area contributed by atoms with Gasteiger partial charge in [-0.3, -0.25) is 9.59 Å². The second-order valence-corrected chi connectivity index (χ2v) is 6.54. The zero-order valence-electron chi connectivity index (χ0n) is 13.6. The van der Waals surface area contributed by atoms with Gasteiger partial charge in [0.05, 0.1) is 18.8 Å². The number of ether oxygens (including phenoxy) is 1. The van der Waals surface area contributed by atoms with Crippen molar-refractivity contribution < 1.29 is 19.4 Å². The van der Waals surface area contributed by atoms with Gasteiger partial charge in [0.25, 0.3) is 0 Å². The Kier molecular flexibility index (Phi) is 6.20. The molecule has 1 heterocycles. The summed E-state index contributed by atoms with van der Waals surface area (Å²) >= 11 is 0. The molecule has 0 aromatic rings. The van der Waals surface area contributed by atoms with Gasteiger partial charge in [-0.2, -0.15) is 0 Å². The summed E-state index contributed by atoms with van der Waals surface area (Å²) in [6.07, 6.45) is 4.81. The molecule has 0 radical (unpaired) electrons. The van der Waals surface area contributed by atoms with E-state index in [-0.39, 0.29) is 18.4 Å². The second kappa shape index (κ2) is 7.92. The summed E-state index contributed by atoms with van der Waals surface area (Å²) in [6.45, 7) is 4.82. The fourth-order valence-corrected chi connectivity index (χ4v) is 3.44. The lowest BCUT2D eigenvalue weighted by atomic mass is 9.88. The Hall–Kier alpha value is -1.14. The number of rotatable bonds is 5. The Bertz CT molecular complexity index is 402. The second-order valence-electron chi connectivity index (χ2n) is 6.54. The third-order valence-electron chi connectivity index (χ3n) is 4.75. The summed E-state index contributed by atoms with van der Waals surface area (Å²) in [5.41, 5.74) is 0. The van der Waals surface area contributed by atoms with E-state index in [0.29, 0.717) is 31.6 Å². The monoisotopic (exact) mass is 312 g/mol. The number of carbonyl (C=O) groups is 2. The number of carbonyl (C=O) groups excluding carboxylic acids is 2. The first kappa shape index (κ1) is 17.2. The smallest absolute Gasteiger partial charge is 0.242 e. The molecule has 0 spiro atoms. The van der Waals surface area contributed by atoms with Crippen molar-refractivity contribution in [1.29, 1.82) is 0 Å². The Morgan fingerprint density at radius 3 is 2.73 bits per heavy atom. The van der Waals surface area contributed by atoms with E-state index in [1.54, 1.807) is 0 Å². The Morgan fingerprint density at radius 1 is 1.32 bits per heavy atom. The minimum Gasteiger partial charge on any atom is -0.391 e. The molecule has 4 atom stereocenters. The minimum absolute atomic E-state index is 0.177. The first-order valence-electron chi connectivity index (χ1n) is 8.33. The van der Waals surface area contributed by atoms with Crippen LogP contribution in [0.4, 0.5) is 0 Å². The van der Waals surface area contributed by atoms with Crippen LogP contribution in [0.5, 0.6) is 0 Å². The fraction of sp³-hybridized carbons (Fsp3) is 0.875. The molecule has 6 heteroatoms. The third-order valence-corrected chi connectivity index (χ3v) is 4.75. The van der Waals surface area contributed by atoms with Gasteiger partial charge in [-0.25, -0.2) is 0 Å².